The van der Waals surface area contributed by atoms with Crippen LogP contribution < -0.4 is 4.74 Å². The van der Waals surface area contributed by atoms with Crippen LogP contribution in [0.4, 0.5) is 0 Å². The Labute approximate surface area is 184 Å². The van der Waals surface area contributed by atoms with Gasteiger partial charge in [0.05, 0.1) is 0 Å². The zero-order valence-electron chi connectivity index (χ0n) is 17.7. The Hall–Kier alpha value is -3.65. The van der Waals surface area contributed by atoms with E-state index in [1.54, 1.807) is 0 Å². The van der Waals surface area contributed by atoms with Crippen LogP contribution in [0.3, 0.4) is 0 Å². The average molecular weight is 407 g/mol. The quantitative estimate of drug-likeness (QED) is 0.197. The molecule has 0 heterocycles. The van der Waals surface area contributed by atoms with E-state index in [0.29, 0.717) is 5.75 Å². The van der Waals surface area contributed by atoms with Crippen molar-refractivity contribution in [2.24, 2.45) is 0 Å². The Balaban J connectivity index is 1.86. The molecule has 0 saturated heterocycles. The van der Waals surface area contributed by atoms with E-state index in [4.69, 9.17) is 4.74 Å². The molecular formula is C29H26O2. The van der Waals surface area contributed by atoms with Gasteiger partial charge in [0.1, 0.15) is 11.2 Å². The SMILES string of the molecule is CCCc1ccc(OC(=O)C(c2ccccc2)(c2ccccc2)c2ccccc2)cc1. The number of esters is 1. The van der Waals surface area contributed by atoms with Gasteiger partial charge in [-0.2, -0.15) is 0 Å². The lowest BCUT2D eigenvalue weighted by Gasteiger charge is -2.33. The van der Waals surface area contributed by atoms with Crippen molar-refractivity contribution >= 4 is 5.97 Å². The molecule has 31 heavy (non-hydrogen) atoms. The van der Waals surface area contributed by atoms with Gasteiger partial charge in [-0.05, 0) is 40.8 Å². The van der Waals surface area contributed by atoms with Crippen LogP contribution in [0.15, 0.2) is 115 Å². The molecule has 2 nitrogen and oxygen atoms in total. The second-order valence-electron chi connectivity index (χ2n) is 7.63. The summed E-state index contributed by atoms with van der Waals surface area (Å²) >= 11 is 0. The summed E-state index contributed by atoms with van der Waals surface area (Å²) in [7, 11) is 0. The molecule has 0 saturated carbocycles. The van der Waals surface area contributed by atoms with Gasteiger partial charge in [-0.25, -0.2) is 4.79 Å². The summed E-state index contributed by atoms with van der Waals surface area (Å²) in [5.41, 5.74) is 2.79. The minimum absolute atomic E-state index is 0.320. The number of carbonyl (C=O) groups is 1. The van der Waals surface area contributed by atoms with E-state index in [2.05, 4.69) is 6.92 Å². The Morgan fingerprint density at radius 2 is 1.06 bits per heavy atom. The molecule has 0 spiro atoms. The van der Waals surface area contributed by atoms with E-state index in [-0.39, 0.29) is 5.97 Å². The first-order chi connectivity index (χ1) is 15.2. The highest BCUT2D eigenvalue weighted by Crippen LogP contribution is 2.40. The molecule has 0 aliphatic rings. The number of ether oxygens (including phenoxy) is 1. The van der Waals surface area contributed by atoms with E-state index in [1.165, 1.54) is 5.56 Å². The van der Waals surface area contributed by atoms with Crippen LogP contribution in [-0.2, 0) is 16.6 Å². The van der Waals surface area contributed by atoms with E-state index >= 15 is 0 Å². The molecule has 0 aliphatic heterocycles. The van der Waals surface area contributed by atoms with Crippen LogP contribution >= 0.6 is 0 Å². The summed E-state index contributed by atoms with van der Waals surface area (Å²) in [6.45, 7) is 2.15. The molecule has 4 aromatic carbocycles. The molecule has 0 amide bonds. The average Bonchev–Trinajstić information content (AvgIpc) is 2.83. The lowest BCUT2D eigenvalue weighted by atomic mass is 9.69. The van der Waals surface area contributed by atoms with Gasteiger partial charge in [-0.3, -0.25) is 0 Å². The standard InChI is InChI=1S/C29H26O2/c1-2-12-23-19-21-27(22-20-23)31-28(30)29(24-13-6-3-7-14-24,25-15-8-4-9-16-25)26-17-10-5-11-18-26/h3-11,13-22H,2,12H2,1H3. The van der Waals surface area contributed by atoms with Crippen LogP contribution in [0.5, 0.6) is 5.75 Å². The third kappa shape index (κ3) is 4.15. The summed E-state index contributed by atoms with van der Waals surface area (Å²) in [6.07, 6.45) is 2.09. The maximum absolute atomic E-state index is 14.0. The van der Waals surface area contributed by atoms with Crippen LogP contribution in [0.2, 0.25) is 0 Å². The molecule has 0 unspecified atom stereocenters. The molecule has 0 aromatic heterocycles. The smallest absolute Gasteiger partial charge is 0.331 e. The summed E-state index contributed by atoms with van der Waals surface area (Å²) in [5, 5.41) is 0. The zero-order valence-corrected chi connectivity index (χ0v) is 17.7. The topological polar surface area (TPSA) is 26.3 Å². The zero-order chi connectivity index (χ0) is 21.5. The Kier molecular flexibility index (Phi) is 6.28. The fraction of sp³-hybridized carbons (Fsp3) is 0.138. The monoisotopic (exact) mass is 406 g/mol. The molecule has 2 heteroatoms. The highest BCUT2D eigenvalue weighted by Gasteiger charge is 2.45. The molecule has 4 aromatic rings. The molecular weight excluding hydrogens is 380 g/mol. The lowest BCUT2D eigenvalue weighted by Crippen LogP contribution is -2.41. The van der Waals surface area contributed by atoms with Crippen molar-refractivity contribution in [3.05, 3.63) is 138 Å². The van der Waals surface area contributed by atoms with Crippen molar-refractivity contribution in [3.8, 4) is 5.75 Å². The summed E-state index contributed by atoms with van der Waals surface area (Å²) in [4.78, 5) is 14.0. The van der Waals surface area contributed by atoms with E-state index < -0.39 is 5.41 Å². The molecule has 0 fully saturated rings. The van der Waals surface area contributed by atoms with Crippen LogP contribution in [-0.4, -0.2) is 5.97 Å². The fourth-order valence-corrected chi connectivity index (χ4v) is 4.11. The van der Waals surface area contributed by atoms with Crippen molar-refractivity contribution in [2.75, 3.05) is 0 Å². The first-order valence-corrected chi connectivity index (χ1v) is 10.7. The van der Waals surface area contributed by atoms with Crippen LogP contribution in [0.25, 0.3) is 0 Å². The Bertz CT molecular complexity index is 1010. The predicted octanol–water partition coefficient (Wildman–Crippen LogP) is 6.58. The largest absolute Gasteiger partial charge is 0.425 e. The Morgan fingerprint density at radius 1 is 0.645 bits per heavy atom. The molecule has 0 radical (unpaired) electrons. The van der Waals surface area contributed by atoms with Gasteiger partial charge in [-0.1, -0.05) is 116 Å². The molecule has 154 valence electrons. The first kappa shape index (κ1) is 20.6. The summed E-state index contributed by atoms with van der Waals surface area (Å²) < 4.78 is 6.04. The molecule has 0 atom stereocenters. The normalized spacial score (nSPS) is 11.1. The second-order valence-corrected chi connectivity index (χ2v) is 7.63. The third-order valence-electron chi connectivity index (χ3n) is 5.60. The first-order valence-electron chi connectivity index (χ1n) is 10.7. The van der Waals surface area contributed by atoms with Gasteiger partial charge < -0.3 is 4.74 Å². The van der Waals surface area contributed by atoms with E-state index in [0.717, 1.165) is 29.5 Å². The highest BCUT2D eigenvalue weighted by atomic mass is 16.5. The van der Waals surface area contributed by atoms with Crippen molar-refractivity contribution in [1.82, 2.24) is 0 Å². The number of rotatable bonds is 7. The molecule has 4 rings (SSSR count). The van der Waals surface area contributed by atoms with Gasteiger partial charge in [0.2, 0.25) is 0 Å². The number of aryl methyl sites for hydroxylation is 1. The van der Waals surface area contributed by atoms with Crippen molar-refractivity contribution in [2.45, 2.75) is 25.2 Å². The number of carbonyl (C=O) groups excluding carboxylic acids is 1. The second kappa shape index (κ2) is 9.44. The van der Waals surface area contributed by atoms with E-state index in [9.17, 15) is 4.79 Å². The third-order valence-corrected chi connectivity index (χ3v) is 5.60. The van der Waals surface area contributed by atoms with Gasteiger partial charge in [0, 0.05) is 0 Å². The minimum atomic E-state index is -1.08. The van der Waals surface area contributed by atoms with Gasteiger partial charge in [0.25, 0.3) is 0 Å². The van der Waals surface area contributed by atoms with Crippen LogP contribution in [0.1, 0.15) is 35.6 Å². The molecule has 0 aliphatic carbocycles. The predicted molar refractivity (Wildman–Crippen MR) is 125 cm³/mol. The lowest BCUT2D eigenvalue weighted by molar-refractivity contribution is -0.138. The van der Waals surface area contributed by atoms with Crippen molar-refractivity contribution < 1.29 is 9.53 Å². The Morgan fingerprint density at radius 3 is 1.45 bits per heavy atom. The summed E-state index contributed by atoms with van der Waals surface area (Å²) in [5.74, 6) is 0.233. The van der Waals surface area contributed by atoms with Crippen LogP contribution in [0, 0.1) is 0 Å². The van der Waals surface area contributed by atoms with Gasteiger partial charge in [0.15, 0.2) is 0 Å². The summed E-state index contributed by atoms with van der Waals surface area (Å²) in [6, 6.07) is 37.4. The fourth-order valence-electron chi connectivity index (χ4n) is 4.11. The highest BCUT2D eigenvalue weighted by molar-refractivity contribution is 5.93. The number of hydrogen-bond donors (Lipinski definition) is 0. The van der Waals surface area contributed by atoms with Gasteiger partial charge in [-0.15, -0.1) is 0 Å². The molecule has 0 bridgehead atoms. The maximum atomic E-state index is 14.0. The maximum Gasteiger partial charge on any atom is 0.331 e. The number of benzene rings is 4. The van der Waals surface area contributed by atoms with Crippen molar-refractivity contribution in [3.63, 3.8) is 0 Å². The minimum Gasteiger partial charge on any atom is -0.425 e. The van der Waals surface area contributed by atoms with Gasteiger partial charge >= 0.3 is 5.97 Å². The number of hydrogen-bond acceptors (Lipinski definition) is 2. The van der Waals surface area contributed by atoms with Crippen molar-refractivity contribution in [1.29, 1.82) is 0 Å². The van der Waals surface area contributed by atoms with E-state index in [1.807, 2.05) is 115 Å². The molecule has 0 N–H and O–H groups in total.